The molecule has 6 heteroatoms. The molecule has 0 aliphatic heterocycles. The number of nitrogens with one attached hydrogen (secondary N) is 1. The summed E-state index contributed by atoms with van der Waals surface area (Å²) in [6, 6.07) is 10.4. The van der Waals surface area contributed by atoms with Gasteiger partial charge in [0.25, 0.3) is 0 Å². The first kappa shape index (κ1) is 13.5. The first-order valence-electron chi connectivity index (χ1n) is 5.75. The van der Waals surface area contributed by atoms with Gasteiger partial charge in [-0.1, -0.05) is 27.3 Å². The van der Waals surface area contributed by atoms with E-state index in [1.807, 2.05) is 12.1 Å². The number of aromatic nitrogens is 1. The zero-order chi connectivity index (χ0) is 13.2. The molecule has 0 saturated heterocycles. The number of fused-ring (bicyclic) bond motifs is 1. The van der Waals surface area contributed by atoms with Crippen molar-refractivity contribution in [3.8, 4) is 0 Å². The smallest absolute Gasteiger partial charge is 0.183 e. The molecule has 98 valence electrons. The second kappa shape index (κ2) is 5.91. The van der Waals surface area contributed by atoms with Gasteiger partial charge in [0.15, 0.2) is 5.13 Å². The molecule has 0 radical (unpaired) electrons. The molecule has 0 saturated carbocycles. The van der Waals surface area contributed by atoms with Gasteiger partial charge >= 0.3 is 0 Å². The van der Waals surface area contributed by atoms with Crippen molar-refractivity contribution in [3.63, 3.8) is 0 Å². The third-order valence-electron chi connectivity index (χ3n) is 2.63. The summed E-state index contributed by atoms with van der Waals surface area (Å²) in [7, 11) is 0. The van der Waals surface area contributed by atoms with Crippen LogP contribution in [0.2, 0.25) is 0 Å². The Morgan fingerprint density at radius 1 is 1.11 bits per heavy atom. The Morgan fingerprint density at radius 2 is 2.00 bits per heavy atom. The second-order valence-corrected chi connectivity index (χ2v) is 8.51. The summed E-state index contributed by atoms with van der Waals surface area (Å²) in [5.41, 5.74) is 1.05. The monoisotopic (exact) mass is 416 g/mol. The van der Waals surface area contributed by atoms with Gasteiger partial charge in [-0.05, 0) is 52.7 Å². The number of nitrogens with zero attached hydrogens (tertiary/aromatic N) is 1. The molecule has 0 aliphatic carbocycles. The maximum Gasteiger partial charge on any atom is 0.183 e. The quantitative estimate of drug-likeness (QED) is 0.602. The van der Waals surface area contributed by atoms with Crippen LogP contribution in [0.4, 0.5) is 5.13 Å². The third kappa shape index (κ3) is 3.37. The molecule has 0 fully saturated rings. The van der Waals surface area contributed by atoms with Crippen LogP contribution in [-0.4, -0.2) is 11.5 Å². The fourth-order valence-corrected chi connectivity index (χ4v) is 4.68. The second-order valence-electron chi connectivity index (χ2n) is 4.01. The number of anilines is 1. The Bertz CT molecular complexity index is 706. The topological polar surface area (TPSA) is 24.9 Å². The molecular formula is C13H10Br2N2S2. The minimum Gasteiger partial charge on any atom is -0.361 e. The van der Waals surface area contributed by atoms with Crippen LogP contribution in [0.1, 0.15) is 4.88 Å². The van der Waals surface area contributed by atoms with E-state index in [9.17, 15) is 0 Å². The van der Waals surface area contributed by atoms with E-state index >= 15 is 0 Å². The predicted octanol–water partition coefficient (Wildman–Crippen LogP) is 5.54. The fraction of sp³-hybridized carbons (Fsp3) is 0.154. The van der Waals surface area contributed by atoms with E-state index in [1.54, 1.807) is 22.7 Å². The molecule has 3 aromatic rings. The summed E-state index contributed by atoms with van der Waals surface area (Å²) in [5, 5.41) is 4.38. The first-order chi connectivity index (χ1) is 9.20. The van der Waals surface area contributed by atoms with Crippen LogP contribution in [0.5, 0.6) is 0 Å². The van der Waals surface area contributed by atoms with E-state index in [-0.39, 0.29) is 0 Å². The number of hydrogen-bond acceptors (Lipinski definition) is 4. The predicted molar refractivity (Wildman–Crippen MR) is 91.5 cm³/mol. The molecule has 0 spiro atoms. The van der Waals surface area contributed by atoms with E-state index in [0.29, 0.717) is 0 Å². The Balaban J connectivity index is 1.65. The van der Waals surface area contributed by atoms with Gasteiger partial charge in [-0.3, -0.25) is 0 Å². The van der Waals surface area contributed by atoms with Crippen molar-refractivity contribution in [2.24, 2.45) is 0 Å². The number of hydrogen-bond donors (Lipinski definition) is 1. The van der Waals surface area contributed by atoms with Crippen molar-refractivity contribution in [2.75, 3.05) is 11.9 Å². The van der Waals surface area contributed by atoms with Crippen molar-refractivity contribution in [2.45, 2.75) is 6.42 Å². The van der Waals surface area contributed by atoms with Gasteiger partial charge in [-0.15, -0.1) is 11.3 Å². The zero-order valence-corrected chi connectivity index (χ0v) is 14.6. The largest absolute Gasteiger partial charge is 0.361 e. The van der Waals surface area contributed by atoms with Gasteiger partial charge in [-0.25, -0.2) is 4.98 Å². The van der Waals surface area contributed by atoms with Gasteiger partial charge in [0, 0.05) is 15.9 Å². The van der Waals surface area contributed by atoms with Gasteiger partial charge in [-0.2, -0.15) is 0 Å². The minimum atomic E-state index is 0.911. The standard InChI is InChI=1S/C13H10Br2N2S2/c14-8-1-3-10-11(7-8)19-13(17-10)16-6-5-9-2-4-12(15)18-9/h1-4,7H,5-6H2,(H,16,17). The van der Waals surface area contributed by atoms with Gasteiger partial charge in [0.1, 0.15) is 0 Å². The van der Waals surface area contributed by atoms with Crippen molar-refractivity contribution in [1.82, 2.24) is 4.98 Å². The molecule has 1 N–H and O–H groups in total. The van der Waals surface area contributed by atoms with Crippen LogP contribution in [0.15, 0.2) is 38.6 Å². The van der Waals surface area contributed by atoms with Crippen LogP contribution in [-0.2, 0) is 6.42 Å². The summed E-state index contributed by atoms with van der Waals surface area (Å²) in [6.45, 7) is 0.911. The number of rotatable bonds is 4. The Labute approximate surface area is 136 Å². The molecule has 2 heterocycles. The molecule has 2 aromatic heterocycles. The molecular weight excluding hydrogens is 408 g/mol. The lowest BCUT2D eigenvalue weighted by Crippen LogP contribution is -2.03. The van der Waals surface area contributed by atoms with Gasteiger partial charge in [0.05, 0.1) is 14.0 Å². The molecule has 3 rings (SSSR count). The molecule has 19 heavy (non-hydrogen) atoms. The van der Waals surface area contributed by atoms with E-state index in [0.717, 1.165) is 28.1 Å². The summed E-state index contributed by atoms with van der Waals surface area (Å²) in [6.07, 6.45) is 1.02. The van der Waals surface area contributed by atoms with E-state index < -0.39 is 0 Å². The number of halogens is 2. The summed E-state index contributed by atoms with van der Waals surface area (Å²) in [5.74, 6) is 0. The average Bonchev–Trinajstić information content (AvgIpc) is 2.95. The average molecular weight is 418 g/mol. The molecule has 0 unspecified atom stereocenters. The maximum atomic E-state index is 4.57. The van der Waals surface area contributed by atoms with Crippen molar-refractivity contribution in [1.29, 1.82) is 0 Å². The van der Waals surface area contributed by atoms with Gasteiger partial charge < -0.3 is 5.32 Å². The van der Waals surface area contributed by atoms with Crippen LogP contribution in [0.3, 0.4) is 0 Å². The molecule has 0 atom stereocenters. The Morgan fingerprint density at radius 3 is 2.79 bits per heavy atom. The van der Waals surface area contributed by atoms with Gasteiger partial charge in [0.2, 0.25) is 0 Å². The third-order valence-corrected chi connectivity index (χ3v) is 5.78. The first-order valence-corrected chi connectivity index (χ1v) is 8.97. The Kier molecular flexibility index (Phi) is 4.21. The highest BCUT2D eigenvalue weighted by Gasteiger charge is 2.04. The molecule has 2 nitrogen and oxygen atoms in total. The fourth-order valence-electron chi connectivity index (χ4n) is 1.75. The van der Waals surface area contributed by atoms with Crippen LogP contribution >= 0.6 is 54.5 Å². The van der Waals surface area contributed by atoms with Crippen LogP contribution < -0.4 is 5.32 Å². The Hall–Kier alpha value is -0.430. The van der Waals surface area contributed by atoms with E-state index in [4.69, 9.17) is 0 Å². The van der Waals surface area contributed by atoms with Crippen LogP contribution in [0, 0.1) is 0 Å². The lowest BCUT2D eigenvalue weighted by molar-refractivity contribution is 1.04. The lowest BCUT2D eigenvalue weighted by atomic mass is 10.3. The number of thiophene rings is 1. The van der Waals surface area contributed by atoms with Crippen molar-refractivity contribution in [3.05, 3.63) is 43.5 Å². The highest BCUT2D eigenvalue weighted by atomic mass is 79.9. The summed E-state index contributed by atoms with van der Waals surface area (Å²) >= 11 is 10.4. The van der Waals surface area contributed by atoms with Crippen molar-refractivity contribution < 1.29 is 0 Å². The lowest BCUT2D eigenvalue weighted by Gasteiger charge is -1.99. The maximum absolute atomic E-state index is 4.57. The minimum absolute atomic E-state index is 0.911. The number of thiazole rings is 1. The molecule has 0 amide bonds. The highest BCUT2D eigenvalue weighted by molar-refractivity contribution is 9.11. The summed E-state index contributed by atoms with van der Waals surface area (Å²) < 4.78 is 3.49. The SMILES string of the molecule is Brc1ccc2nc(NCCc3ccc(Br)s3)sc2c1. The molecule has 1 aromatic carbocycles. The zero-order valence-electron chi connectivity index (χ0n) is 9.82. The van der Waals surface area contributed by atoms with Crippen molar-refractivity contribution >= 4 is 69.9 Å². The summed E-state index contributed by atoms with van der Waals surface area (Å²) in [4.78, 5) is 5.95. The molecule has 0 bridgehead atoms. The highest BCUT2D eigenvalue weighted by Crippen LogP contribution is 2.28. The number of benzene rings is 1. The van der Waals surface area contributed by atoms with E-state index in [1.165, 1.54) is 13.4 Å². The molecule has 0 aliphatic rings. The normalized spacial score (nSPS) is 11.1. The van der Waals surface area contributed by atoms with Crippen LogP contribution in [0.25, 0.3) is 10.2 Å². The van der Waals surface area contributed by atoms with E-state index in [2.05, 4.69) is 60.4 Å².